The Labute approximate surface area is 123 Å². The standard InChI is InChI=1S/C18H28N2/c1-3-19-18(17-7-5-4-6-14(17)2)13-20(16-10-11-16)12-15-8-9-15/h4-7,15-16,18-19H,3,8-13H2,1-2H3. The molecule has 0 spiro atoms. The van der Waals surface area contributed by atoms with E-state index in [0.29, 0.717) is 6.04 Å². The smallest absolute Gasteiger partial charge is 0.0451 e. The predicted molar refractivity (Wildman–Crippen MR) is 84.9 cm³/mol. The van der Waals surface area contributed by atoms with E-state index in [-0.39, 0.29) is 0 Å². The fourth-order valence-corrected chi connectivity index (χ4v) is 3.18. The minimum atomic E-state index is 0.487. The molecule has 2 heteroatoms. The third kappa shape index (κ3) is 3.62. The molecule has 0 amide bonds. The molecule has 1 aromatic rings. The van der Waals surface area contributed by atoms with Crippen LogP contribution in [0.3, 0.4) is 0 Å². The van der Waals surface area contributed by atoms with Gasteiger partial charge in [-0.05, 0) is 56.2 Å². The molecule has 3 rings (SSSR count). The Morgan fingerprint density at radius 2 is 1.95 bits per heavy atom. The van der Waals surface area contributed by atoms with Crippen LogP contribution < -0.4 is 5.32 Å². The van der Waals surface area contributed by atoms with Gasteiger partial charge in [0, 0.05) is 25.2 Å². The Hall–Kier alpha value is -0.860. The third-order valence-electron chi connectivity index (χ3n) is 4.68. The molecule has 0 aliphatic heterocycles. The van der Waals surface area contributed by atoms with Crippen molar-refractivity contribution in [1.82, 2.24) is 10.2 Å². The fourth-order valence-electron chi connectivity index (χ4n) is 3.18. The largest absolute Gasteiger partial charge is 0.309 e. The van der Waals surface area contributed by atoms with E-state index in [2.05, 4.69) is 48.3 Å². The highest BCUT2D eigenvalue weighted by molar-refractivity contribution is 5.29. The Morgan fingerprint density at radius 3 is 2.55 bits per heavy atom. The molecule has 0 aromatic heterocycles. The SMILES string of the molecule is CCNC(CN(CC1CC1)C1CC1)c1ccccc1C. The molecule has 2 aliphatic rings. The molecular formula is C18H28N2. The summed E-state index contributed by atoms with van der Waals surface area (Å²) in [5.74, 6) is 0.995. The Bertz CT molecular complexity index is 435. The van der Waals surface area contributed by atoms with Gasteiger partial charge in [0.1, 0.15) is 0 Å². The maximum Gasteiger partial charge on any atom is 0.0451 e. The molecule has 0 heterocycles. The fraction of sp³-hybridized carbons (Fsp3) is 0.667. The zero-order chi connectivity index (χ0) is 13.9. The monoisotopic (exact) mass is 272 g/mol. The molecule has 20 heavy (non-hydrogen) atoms. The minimum Gasteiger partial charge on any atom is -0.309 e. The number of hydrogen-bond acceptors (Lipinski definition) is 2. The van der Waals surface area contributed by atoms with Crippen LogP contribution in [0.4, 0.5) is 0 Å². The van der Waals surface area contributed by atoms with Crippen molar-refractivity contribution < 1.29 is 0 Å². The first-order valence-electron chi connectivity index (χ1n) is 8.31. The molecule has 0 bridgehead atoms. The number of aryl methyl sites for hydroxylation is 1. The number of hydrogen-bond donors (Lipinski definition) is 1. The van der Waals surface area contributed by atoms with E-state index >= 15 is 0 Å². The molecule has 110 valence electrons. The van der Waals surface area contributed by atoms with E-state index in [1.165, 1.54) is 49.9 Å². The number of likely N-dealkylation sites (N-methyl/N-ethyl adjacent to an activating group) is 1. The van der Waals surface area contributed by atoms with Gasteiger partial charge in [-0.2, -0.15) is 0 Å². The maximum atomic E-state index is 3.70. The van der Waals surface area contributed by atoms with Crippen LogP contribution in [-0.4, -0.2) is 30.6 Å². The first-order valence-corrected chi connectivity index (χ1v) is 8.31. The molecule has 1 atom stereocenters. The summed E-state index contributed by atoms with van der Waals surface area (Å²) in [6.45, 7) is 8.01. The van der Waals surface area contributed by atoms with Crippen LogP contribution in [0.15, 0.2) is 24.3 Å². The third-order valence-corrected chi connectivity index (χ3v) is 4.68. The number of benzene rings is 1. The number of nitrogens with one attached hydrogen (secondary N) is 1. The second-order valence-corrected chi connectivity index (χ2v) is 6.60. The van der Waals surface area contributed by atoms with E-state index in [9.17, 15) is 0 Å². The number of nitrogens with zero attached hydrogens (tertiary/aromatic N) is 1. The lowest BCUT2D eigenvalue weighted by Gasteiger charge is -2.29. The zero-order valence-corrected chi connectivity index (χ0v) is 12.9. The summed E-state index contributed by atoms with van der Waals surface area (Å²) in [6.07, 6.45) is 5.75. The van der Waals surface area contributed by atoms with Crippen molar-refractivity contribution in [2.24, 2.45) is 5.92 Å². The van der Waals surface area contributed by atoms with Gasteiger partial charge >= 0.3 is 0 Å². The summed E-state index contributed by atoms with van der Waals surface area (Å²) in [6, 6.07) is 10.2. The van der Waals surface area contributed by atoms with Gasteiger partial charge in [-0.15, -0.1) is 0 Å². The van der Waals surface area contributed by atoms with E-state index in [1.54, 1.807) is 0 Å². The van der Waals surface area contributed by atoms with Crippen molar-refractivity contribution >= 4 is 0 Å². The van der Waals surface area contributed by atoms with Crippen molar-refractivity contribution in [2.75, 3.05) is 19.6 Å². The van der Waals surface area contributed by atoms with Crippen molar-refractivity contribution in [1.29, 1.82) is 0 Å². The average molecular weight is 272 g/mol. The first-order chi connectivity index (χ1) is 9.78. The lowest BCUT2D eigenvalue weighted by atomic mass is 10.0. The van der Waals surface area contributed by atoms with Gasteiger partial charge in [-0.25, -0.2) is 0 Å². The Morgan fingerprint density at radius 1 is 1.20 bits per heavy atom. The van der Waals surface area contributed by atoms with Crippen LogP contribution in [0, 0.1) is 12.8 Å². The molecule has 0 saturated heterocycles. The first kappa shape index (κ1) is 14.1. The lowest BCUT2D eigenvalue weighted by Crippen LogP contribution is -2.38. The lowest BCUT2D eigenvalue weighted by molar-refractivity contribution is 0.224. The topological polar surface area (TPSA) is 15.3 Å². The van der Waals surface area contributed by atoms with Gasteiger partial charge in [-0.3, -0.25) is 4.90 Å². The van der Waals surface area contributed by atoms with E-state index in [0.717, 1.165) is 18.5 Å². The zero-order valence-electron chi connectivity index (χ0n) is 12.9. The van der Waals surface area contributed by atoms with Crippen LogP contribution in [0.2, 0.25) is 0 Å². The van der Waals surface area contributed by atoms with E-state index < -0.39 is 0 Å². The van der Waals surface area contributed by atoms with Crippen LogP contribution in [0.25, 0.3) is 0 Å². The van der Waals surface area contributed by atoms with E-state index in [1.807, 2.05) is 0 Å². The summed E-state index contributed by atoms with van der Waals surface area (Å²) in [5.41, 5.74) is 2.90. The number of rotatable bonds is 8. The minimum absolute atomic E-state index is 0.487. The molecule has 1 unspecified atom stereocenters. The second kappa shape index (κ2) is 6.28. The highest BCUT2D eigenvalue weighted by Gasteiger charge is 2.34. The van der Waals surface area contributed by atoms with E-state index in [4.69, 9.17) is 0 Å². The van der Waals surface area contributed by atoms with Gasteiger partial charge in [0.15, 0.2) is 0 Å². The predicted octanol–water partition coefficient (Wildman–Crippen LogP) is 3.52. The molecular weight excluding hydrogens is 244 g/mol. The molecule has 2 saturated carbocycles. The molecule has 1 aromatic carbocycles. The molecule has 2 fully saturated rings. The quantitative estimate of drug-likeness (QED) is 0.779. The molecule has 2 nitrogen and oxygen atoms in total. The Kier molecular flexibility index (Phi) is 4.42. The highest BCUT2D eigenvalue weighted by Crippen LogP contribution is 2.36. The van der Waals surface area contributed by atoms with Crippen molar-refractivity contribution in [3.8, 4) is 0 Å². The van der Waals surface area contributed by atoms with Gasteiger partial charge in [0.2, 0.25) is 0 Å². The van der Waals surface area contributed by atoms with Crippen LogP contribution in [0.1, 0.15) is 49.8 Å². The molecule has 1 N–H and O–H groups in total. The van der Waals surface area contributed by atoms with Crippen molar-refractivity contribution in [2.45, 2.75) is 51.6 Å². The van der Waals surface area contributed by atoms with Crippen LogP contribution in [-0.2, 0) is 0 Å². The maximum absolute atomic E-state index is 3.70. The van der Waals surface area contributed by atoms with Gasteiger partial charge in [0.25, 0.3) is 0 Å². The van der Waals surface area contributed by atoms with Crippen molar-refractivity contribution in [3.05, 3.63) is 35.4 Å². The molecule has 0 radical (unpaired) electrons. The highest BCUT2D eigenvalue weighted by atomic mass is 15.2. The van der Waals surface area contributed by atoms with Gasteiger partial charge < -0.3 is 5.32 Å². The average Bonchev–Trinajstić information content (AvgIpc) is 3.31. The molecule has 2 aliphatic carbocycles. The van der Waals surface area contributed by atoms with Gasteiger partial charge in [0.05, 0.1) is 0 Å². The van der Waals surface area contributed by atoms with Crippen LogP contribution >= 0.6 is 0 Å². The second-order valence-electron chi connectivity index (χ2n) is 6.60. The van der Waals surface area contributed by atoms with Crippen molar-refractivity contribution in [3.63, 3.8) is 0 Å². The normalized spacial score (nSPS) is 20.4. The summed E-state index contributed by atoms with van der Waals surface area (Å²) >= 11 is 0. The summed E-state index contributed by atoms with van der Waals surface area (Å²) in [4.78, 5) is 2.76. The summed E-state index contributed by atoms with van der Waals surface area (Å²) in [7, 11) is 0. The summed E-state index contributed by atoms with van der Waals surface area (Å²) in [5, 5.41) is 3.70. The Balaban J connectivity index is 1.70. The summed E-state index contributed by atoms with van der Waals surface area (Å²) < 4.78 is 0. The van der Waals surface area contributed by atoms with Gasteiger partial charge in [-0.1, -0.05) is 31.2 Å². The van der Waals surface area contributed by atoms with Crippen LogP contribution in [0.5, 0.6) is 0 Å².